The summed E-state index contributed by atoms with van der Waals surface area (Å²) in [5, 5.41) is 2.55. The van der Waals surface area contributed by atoms with E-state index in [-0.39, 0.29) is 16.9 Å². The number of carbonyl (C=O) groups excluding carboxylic acids is 1. The van der Waals surface area contributed by atoms with E-state index in [0.29, 0.717) is 21.1 Å². The summed E-state index contributed by atoms with van der Waals surface area (Å²) in [6.07, 6.45) is 2.91. The third kappa shape index (κ3) is 4.96. The van der Waals surface area contributed by atoms with E-state index in [1.807, 2.05) is 0 Å². The molecule has 174 valence electrons. The molecule has 0 radical (unpaired) electrons. The molecule has 11 heteroatoms. The Bertz CT molecular complexity index is 1370. The number of hydrogen-bond donors (Lipinski definition) is 1. The quantitative estimate of drug-likeness (QED) is 0.333. The second-order valence-corrected chi connectivity index (χ2v) is 8.82. The molecule has 0 saturated heterocycles. The van der Waals surface area contributed by atoms with Crippen LogP contribution in [0.1, 0.15) is 22.0 Å². The van der Waals surface area contributed by atoms with Gasteiger partial charge in [-0.05, 0) is 48.0 Å². The van der Waals surface area contributed by atoms with E-state index < -0.39 is 35.7 Å². The van der Waals surface area contributed by atoms with Crippen molar-refractivity contribution in [3.05, 3.63) is 94.5 Å². The molecule has 0 aliphatic rings. The predicted octanol–water partition coefficient (Wildman–Crippen LogP) is 4.90. The number of alkyl halides is 1. The molecular weight excluding hydrogens is 530 g/mol. The van der Waals surface area contributed by atoms with E-state index in [9.17, 15) is 22.3 Å². The van der Waals surface area contributed by atoms with Crippen LogP contribution in [0, 0.1) is 5.82 Å². The van der Waals surface area contributed by atoms with Crippen LogP contribution in [0.25, 0.3) is 11.0 Å². The molecule has 0 bridgehead atoms. The first-order valence-corrected chi connectivity index (χ1v) is 11.7. The number of amides is 1. The van der Waals surface area contributed by atoms with Gasteiger partial charge >= 0.3 is 0 Å². The SMILES string of the molecule is O=C(NC(CF)c1ccc(F)cc1)c1ccc(Br)cc1N(c1cccc2nccnc12)S(=O)[O-]. The average molecular weight is 546 g/mol. The summed E-state index contributed by atoms with van der Waals surface area (Å²) in [5.41, 5.74) is 1.33. The van der Waals surface area contributed by atoms with Crippen molar-refractivity contribution < 1.29 is 22.3 Å². The summed E-state index contributed by atoms with van der Waals surface area (Å²) in [5.74, 6) is -1.20. The second kappa shape index (κ2) is 10.3. The van der Waals surface area contributed by atoms with Crippen LogP contribution in [0.3, 0.4) is 0 Å². The lowest BCUT2D eigenvalue weighted by Crippen LogP contribution is -2.32. The average Bonchev–Trinajstić information content (AvgIpc) is 2.83. The molecule has 4 rings (SSSR count). The van der Waals surface area contributed by atoms with E-state index in [4.69, 9.17) is 0 Å². The molecule has 34 heavy (non-hydrogen) atoms. The number of halogens is 3. The lowest BCUT2D eigenvalue weighted by Gasteiger charge is -2.29. The van der Waals surface area contributed by atoms with Gasteiger partial charge in [0, 0.05) is 16.9 Å². The Labute approximate surface area is 204 Å². The summed E-state index contributed by atoms with van der Waals surface area (Å²) in [6, 6.07) is 13.3. The Hall–Kier alpha value is -3.28. The molecule has 1 heterocycles. The monoisotopic (exact) mass is 545 g/mol. The number of rotatable bonds is 7. The van der Waals surface area contributed by atoms with Crippen LogP contribution in [-0.2, 0) is 11.3 Å². The van der Waals surface area contributed by atoms with Crippen LogP contribution in [0.4, 0.5) is 20.2 Å². The maximum Gasteiger partial charge on any atom is 0.254 e. The van der Waals surface area contributed by atoms with Gasteiger partial charge < -0.3 is 9.87 Å². The fourth-order valence-electron chi connectivity index (χ4n) is 3.44. The number of benzene rings is 3. The smallest absolute Gasteiger partial charge is 0.254 e. The highest BCUT2D eigenvalue weighted by atomic mass is 79.9. The number of anilines is 2. The molecule has 0 fully saturated rings. The lowest BCUT2D eigenvalue weighted by molar-refractivity contribution is 0.0930. The molecule has 4 aromatic rings. The van der Waals surface area contributed by atoms with Gasteiger partial charge in [-0.25, -0.2) is 8.78 Å². The van der Waals surface area contributed by atoms with Crippen molar-refractivity contribution in [3.63, 3.8) is 0 Å². The van der Waals surface area contributed by atoms with E-state index in [1.165, 1.54) is 54.9 Å². The minimum absolute atomic E-state index is 0.0196. The Kier molecular flexibility index (Phi) is 7.25. The molecule has 2 atom stereocenters. The summed E-state index contributed by atoms with van der Waals surface area (Å²) >= 11 is 0.460. The van der Waals surface area contributed by atoms with Gasteiger partial charge in [-0.3, -0.25) is 23.3 Å². The molecule has 2 unspecified atom stereocenters. The van der Waals surface area contributed by atoms with Gasteiger partial charge in [-0.1, -0.05) is 34.1 Å². The number of fused-ring (bicyclic) bond motifs is 1. The van der Waals surface area contributed by atoms with Crippen molar-refractivity contribution in [1.29, 1.82) is 0 Å². The van der Waals surface area contributed by atoms with Gasteiger partial charge in [0.2, 0.25) is 0 Å². The number of hydrogen-bond acceptors (Lipinski definition) is 5. The molecule has 1 amide bonds. The van der Waals surface area contributed by atoms with Crippen LogP contribution >= 0.6 is 15.9 Å². The summed E-state index contributed by atoms with van der Waals surface area (Å²) in [7, 11) is 0. The number of nitrogens with zero attached hydrogens (tertiary/aromatic N) is 3. The topological polar surface area (TPSA) is 98.2 Å². The second-order valence-electron chi connectivity index (χ2n) is 7.11. The van der Waals surface area contributed by atoms with E-state index >= 15 is 0 Å². The van der Waals surface area contributed by atoms with Crippen LogP contribution in [-0.4, -0.2) is 31.3 Å². The number of para-hydroxylation sites is 1. The van der Waals surface area contributed by atoms with Crippen molar-refractivity contribution in [2.24, 2.45) is 0 Å². The van der Waals surface area contributed by atoms with E-state index in [1.54, 1.807) is 18.2 Å². The highest BCUT2D eigenvalue weighted by Gasteiger charge is 2.24. The summed E-state index contributed by atoms with van der Waals surface area (Å²) < 4.78 is 53.3. The predicted molar refractivity (Wildman–Crippen MR) is 127 cm³/mol. The molecular formula is C23H16BrF2N4O3S-. The fourth-order valence-corrected chi connectivity index (χ4v) is 4.41. The zero-order valence-electron chi connectivity index (χ0n) is 17.3. The maximum atomic E-state index is 13.8. The van der Waals surface area contributed by atoms with Crippen LogP contribution < -0.4 is 9.62 Å². The minimum atomic E-state index is -2.85. The third-order valence-electron chi connectivity index (χ3n) is 5.00. The molecule has 1 aromatic heterocycles. The molecule has 0 aliphatic heterocycles. The molecule has 7 nitrogen and oxygen atoms in total. The van der Waals surface area contributed by atoms with Gasteiger partial charge in [0.15, 0.2) is 0 Å². The Morgan fingerprint density at radius 1 is 1.09 bits per heavy atom. The Morgan fingerprint density at radius 2 is 1.82 bits per heavy atom. The molecule has 0 saturated carbocycles. The number of aromatic nitrogens is 2. The number of nitrogens with one attached hydrogen (secondary N) is 1. The first kappa shape index (κ1) is 23.9. The lowest BCUT2D eigenvalue weighted by atomic mass is 10.1. The zero-order chi connectivity index (χ0) is 24.2. The normalized spacial score (nSPS) is 12.8. The fraction of sp³-hybridized carbons (Fsp3) is 0.0870. The van der Waals surface area contributed by atoms with E-state index in [2.05, 4.69) is 31.2 Å². The number of carbonyl (C=O) groups is 1. The van der Waals surface area contributed by atoms with Gasteiger partial charge in [-0.2, -0.15) is 0 Å². The highest BCUT2D eigenvalue weighted by Crippen LogP contribution is 2.35. The first-order valence-electron chi connectivity index (χ1n) is 9.90. The largest absolute Gasteiger partial charge is 0.755 e. The third-order valence-corrected chi connectivity index (χ3v) is 6.19. The Morgan fingerprint density at radius 3 is 2.53 bits per heavy atom. The van der Waals surface area contributed by atoms with Gasteiger partial charge in [0.25, 0.3) is 5.91 Å². The zero-order valence-corrected chi connectivity index (χ0v) is 19.7. The minimum Gasteiger partial charge on any atom is -0.755 e. The summed E-state index contributed by atoms with van der Waals surface area (Å²) in [6.45, 7) is -0.945. The van der Waals surface area contributed by atoms with Gasteiger partial charge in [-0.15, -0.1) is 0 Å². The highest BCUT2D eigenvalue weighted by molar-refractivity contribution is 9.10. The molecule has 1 N–H and O–H groups in total. The van der Waals surface area contributed by atoms with Crippen molar-refractivity contribution in [2.45, 2.75) is 6.04 Å². The van der Waals surface area contributed by atoms with Crippen LogP contribution in [0.15, 0.2) is 77.5 Å². The summed E-state index contributed by atoms with van der Waals surface area (Å²) in [4.78, 5) is 21.6. The van der Waals surface area contributed by atoms with Crippen LogP contribution in [0.2, 0.25) is 0 Å². The van der Waals surface area contributed by atoms with Crippen molar-refractivity contribution >= 4 is 55.5 Å². The van der Waals surface area contributed by atoms with Gasteiger partial charge in [0.05, 0.1) is 39.8 Å². The van der Waals surface area contributed by atoms with Gasteiger partial charge in [0.1, 0.15) is 18.0 Å². The molecule has 3 aromatic carbocycles. The van der Waals surface area contributed by atoms with Crippen LogP contribution in [0.5, 0.6) is 0 Å². The van der Waals surface area contributed by atoms with Crippen molar-refractivity contribution in [2.75, 3.05) is 11.0 Å². The van der Waals surface area contributed by atoms with E-state index in [0.717, 1.165) is 4.31 Å². The Balaban J connectivity index is 1.78. The molecule has 0 spiro atoms. The maximum absolute atomic E-state index is 13.8. The molecule has 0 aliphatic carbocycles. The van der Waals surface area contributed by atoms with Crippen molar-refractivity contribution in [1.82, 2.24) is 15.3 Å². The van der Waals surface area contributed by atoms with Crippen molar-refractivity contribution in [3.8, 4) is 0 Å². The standard InChI is InChI=1S/C23H17BrF2N4O3S/c24-15-6-9-17(23(31)29-19(13-25)14-4-7-16(26)8-5-14)21(12-15)30(34(32)33)20-3-1-2-18-22(20)28-11-10-27-18/h1-12,19H,13H2,(H,29,31)(H,32,33)/p-1. The first-order chi connectivity index (χ1) is 16.4.